The SMILES string of the molecule is CC1(C)C2CCCCC2C(C)(C)C1N. The highest BCUT2D eigenvalue weighted by atomic mass is 14.8. The van der Waals surface area contributed by atoms with Gasteiger partial charge < -0.3 is 5.73 Å². The van der Waals surface area contributed by atoms with Crippen molar-refractivity contribution in [2.75, 3.05) is 0 Å². The average Bonchev–Trinajstić information content (AvgIpc) is 2.28. The molecule has 1 nitrogen and oxygen atoms in total. The van der Waals surface area contributed by atoms with Crippen LogP contribution in [0, 0.1) is 22.7 Å². The summed E-state index contributed by atoms with van der Waals surface area (Å²) in [6, 6.07) is 0.378. The maximum absolute atomic E-state index is 6.45. The van der Waals surface area contributed by atoms with Crippen LogP contribution in [0.15, 0.2) is 0 Å². The summed E-state index contributed by atoms with van der Waals surface area (Å²) in [6.45, 7) is 9.54. The zero-order chi connectivity index (χ0) is 10.6. The average molecular weight is 195 g/mol. The van der Waals surface area contributed by atoms with Crippen molar-refractivity contribution in [1.82, 2.24) is 0 Å². The normalized spacial score (nSPS) is 44.8. The first kappa shape index (κ1) is 10.5. The molecule has 0 saturated heterocycles. The molecule has 2 aliphatic carbocycles. The Balaban J connectivity index is 2.34. The van der Waals surface area contributed by atoms with Gasteiger partial charge in [0.15, 0.2) is 0 Å². The van der Waals surface area contributed by atoms with Crippen LogP contribution < -0.4 is 5.73 Å². The summed E-state index contributed by atoms with van der Waals surface area (Å²) in [5.74, 6) is 1.75. The Kier molecular flexibility index (Phi) is 2.23. The number of hydrogen-bond donors (Lipinski definition) is 1. The monoisotopic (exact) mass is 195 g/mol. The Morgan fingerprint density at radius 3 is 1.57 bits per heavy atom. The molecule has 0 heterocycles. The summed E-state index contributed by atoms with van der Waals surface area (Å²) in [5, 5.41) is 0. The lowest BCUT2D eigenvalue weighted by atomic mass is 9.69. The number of hydrogen-bond acceptors (Lipinski definition) is 1. The van der Waals surface area contributed by atoms with Gasteiger partial charge in [-0.2, -0.15) is 0 Å². The summed E-state index contributed by atoms with van der Waals surface area (Å²) in [7, 11) is 0. The highest BCUT2D eigenvalue weighted by Crippen LogP contribution is 2.60. The van der Waals surface area contributed by atoms with Gasteiger partial charge in [-0.3, -0.25) is 0 Å². The molecule has 0 aromatic heterocycles. The molecule has 14 heavy (non-hydrogen) atoms. The Hall–Kier alpha value is -0.0400. The van der Waals surface area contributed by atoms with Gasteiger partial charge in [-0.25, -0.2) is 0 Å². The second kappa shape index (κ2) is 2.98. The van der Waals surface area contributed by atoms with Gasteiger partial charge in [0.25, 0.3) is 0 Å². The fraction of sp³-hybridized carbons (Fsp3) is 1.00. The molecule has 2 N–H and O–H groups in total. The van der Waals surface area contributed by atoms with Crippen molar-refractivity contribution >= 4 is 0 Å². The van der Waals surface area contributed by atoms with Crippen molar-refractivity contribution < 1.29 is 0 Å². The van der Waals surface area contributed by atoms with Crippen molar-refractivity contribution in [3.05, 3.63) is 0 Å². The molecule has 0 aliphatic heterocycles. The van der Waals surface area contributed by atoms with E-state index in [1.54, 1.807) is 0 Å². The molecule has 0 amide bonds. The van der Waals surface area contributed by atoms with E-state index in [4.69, 9.17) is 5.73 Å². The second-order valence-corrected chi connectivity index (χ2v) is 6.62. The van der Waals surface area contributed by atoms with E-state index in [0.717, 1.165) is 11.8 Å². The minimum atomic E-state index is 0.356. The minimum Gasteiger partial charge on any atom is -0.327 e. The predicted molar refractivity (Wildman–Crippen MR) is 61.0 cm³/mol. The third-order valence-electron chi connectivity index (χ3n) is 5.28. The molecule has 2 unspecified atom stereocenters. The zero-order valence-corrected chi connectivity index (χ0v) is 10.1. The Morgan fingerprint density at radius 1 is 0.857 bits per heavy atom. The van der Waals surface area contributed by atoms with Crippen LogP contribution >= 0.6 is 0 Å². The van der Waals surface area contributed by atoms with E-state index in [0.29, 0.717) is 16.9 Å². The smallest absolute Gasteiger partial charge is 0.0147 e. The quantitative estimate of drug-likeness (QED) is 0.631. The largest absolute Gasteiger partial charge is 0.327 e. The Bertz CT molecular complexity index is 205. The van der Waals surface area contributed by atoms with Crippen LogP contribution in [0.25, 0.3) is 0 Å². The lowest BCUT2D eigenvalue weighted by Crippen LogP contribution is -2.43. The molecule has 0 radical (unpaired) electrons. The summed E-state index contributed by atoms with van der Waals surface area (Å²) in [6.07, 6.45) is 5.67. The van der Waals surface area contributed by atoms with Crippen LogP contribution in [-0.2, 0) is 0 Å². The van der Waals surface area contributed by atoms with Gasteiger partial charge in [0.05, 0.1) is 0 Å². The molecule has 2 rings (SSSR count). The molecule has 2 aliphatic rings. The van der Waals surface area contributed by atoms with Gasteiger partial charge in [0.1, 0.15) is 0 Å². The minimum absolute atomic E-state index is 0.356. The highest BCUT2D eigenvalue weighted by molar-refractivity contribution is 5.09. The van der Waals surface area contributed by atoms with Crippen molar-refractivity contribution in [3.8, 4) is 0 Å². The molecule has 0 bridgehead atoms. The van der Waals surface area contributed by atoms with E-state index in [2.05, 4.69) is 27.7 Å². The lowest BCUT2D eigenvalue weighted by molar-refractivity contribution is 0.136. The molecule has 2 saturated carbocycles. The Morgan fingerprint density at radius 2 is 1.21 bits per heavy atom. The maximum Gasteiger partial charge on any atom is 0.0147 e. The predicted octanol–water partition coefficient (Wildman–Crippen LogP) is 3.19. The van der Waals surface area contributed by atoms with Gasteiger partial charge in [0, 0.05) is 6.04 Å². The molecule has 2 atom stereocenters. The fourth-order valence-electron chi connectivity index (χ4n) is 4.33. The molecule has 0 aromatic carbocycles. The van der Waals surface area contributed by atoms with Gasteiger partial charge in [-0.15, -0.1) is 0 Å². The van der Waals surface area contributed by atoms with Crippen molar-refractivity contribution in [2.24, 2.45) is 28.4 Å². The molecule has 82 valence electrons. The van der Waals surface area contributed by atoms with E-state index in [1.807, 2.05) is 0 Å². The topological polar surface area (TPSA) is 26.0 Å². The van der Waals surface area contributed by atoms with Crippen LogP contribution in [-0.4, -0.2) is 6.04 Å². The van der Waals surface area contributed by atoms with Gasteiger partial charge in [-0.05, 0) is 35.5 Å². The molecule has 1 heteroatoms. The lowest BCUT2D eigenvalue weighted by Gasteiger charge is -2.36. The number of rotatable bonds is 0. The molecular weight excluding hydrogens is 170 g/mol. The summed E-state index contributed by atoms with van der Waals surface area (Å²) in [5.41, 5.74) is 7.16. The van der Waals surface area contributed by atoms with E-state index in [9.17, 15) is 0 Å². The van der Waals surface area contributed by atoms with E-state index >= 15 is 0 Å². The standard InChI is InChI=1S/C13H25N/c1-12(2)9-7-5-6-8-10(9)13(3,4)11(12)14/h9-11H,5-8,14H2,1-4H3. The van der Waals surface area contributed by atoms with E-state index < -0.39 is 0 Å². The molecule has 0 spiro atoms. The fourth-order valence-corrected chi connectivity index (χ4v) is 4.33. The number of nitrogens with two attached hydrogens (primary N) is 1. The van der Waals surface area contributed by atoms with Crippen molar-refractivity contribution in [2.45, 2.75) is 59.4 Å². The first-order valence-electron chi connectivity index (χ1n) is 6.14. The summed E-state index contributed by atoms with van der Waals surface area (Å²) in [4.78, 5) is 0. The van der Waals surface area contributed by atoms with Crippen LogP contribution in [0.1, 0.15) is 53.4 Å². The maximum atomic E-state index is 6.45. The second-order valence-electron chi connectivity index (χ2n) is 6.62. The van der Waals surface area contributed by atoms with Crippen molar-refractivity contribution in [1.29, 1.82) is 0 Å². The molecule has 0 aromatic rings. The third kappa shape index (κ3) is 1.18. The highest BCUT2D eigenvalue weighted by Gasteiger charge is 2.57. The van der Waals surface area contributed by atoms with Crippen LogP contribution in [0.5, 0.6) is 0 Å². The van der Waals surface area contributed by atoms with Gasteiger partial charge in [0.2, 0.25) is 0 Å². The Labute approximate surface area is 88.4 Å². The van der Waals surface area contributed by atoms with Gasteiger partial charge >= 0.3 is 0 Å². The van der Waals surface area contributed by atoms with Crippen LogP contribution in [0.3, 0.4) is 0 Å². The first-order valence-corrected chi connectivity index (χ1v) is 6.14. The summed E-state index contributed by atoms with van der Waals surface area (Å²) >= 11 is 0. The molecule has 2 fully saturated rings. The van der Waals surface area contributed by atoms with E-state index in [1.165, 1.54) is 25.7 Å². The van der Waals surface area contributed by atoms with Crippen molar-refractivity contribution in [3.63, 3.8) is 0 Å². The first-order chi connectivity index (χ1) is 6.38. The third-order valence-corrected chi connectivity index (χ3v) is 5.28. The zero-order valence-electron chi connectivity index (χ0n) is 10.1. The molecular formula is C13H25N. The summed E-state index contributed by atoms with van der Waals surface area (Å²) < 4.78 is 0. The van der Waals surface area contributed by atoms with E-state index in [-0.39, 0.29) is 0 Å². The van der Waals surface area contributed by atoms with Crippen LogP contribution in [0.2, 0.25) is 0 Å². The van der Waals surface area contributed by atoms with Crippen LogP contribution in [0.4, 0.5) is 0 Å². The number of fused-ring (bicyclic) bond motifs is 1. The van der Waals surface area contributed by atoms with Gasteiger partial charge in [-0.1, -0.05) is 40.5 Å².